The second-order valence-corrected chi connectivity index (χ2v) is 2.87. The third kappa shape index (κ3) is 3.57. The molecule has 72 valence electrons. The van der Waals surface area contributed by atoms with Crippen LogP contribution in [0.2, 0.25) is 0 Å². The summed E-state index contributed by atoms with van der Waals surface area (Å²) in [5.74, 6) is 0. The molecule has 0 bridgehead atoms. The smallest absolute Gasteiger partial charge is 0.0935 e. The summed E-state index contributed by atoms with van der Waals surface area (Å²) in [6.07, 6.45) is 0. The normalized spacial score (nSPS) is 10.7. The molecule has 0 atom stereocenters. The minimum absolute atomic E-state index is 0.669. The first kappa shape index (κ1) is 10.2. The number of hydroxylamine groups is 2. The van der Waals surface area contributed by atoms with E-state index < -0.39 is 0 Å². The van der Waals surface area contributed by atoms with E-state index in [2.05, 4.69) is 26.0 Å². The van der Waals surface area contributed by atoms with Gasteiger partial charge in [-0.1, -0.05) is 44.2 Å². The fourth-order valence-electron chi connectivity index (χ4n) is 1.15. The molecule has 0 saturated heterocycles. The summed E-state index contributed by atoms with van der Waals surface area (Å²) in [4.78, 5) is 5.56. The lowest BCUT2D eigenvalue weighted by molar-refractivity contribution is -0.163. The zero-order chi connectivity index (χ0) is 9.52. The summed E-state index contributed by atoms with van der Waals surface area (Å²) < 4.78 is 0. The van der Waals surface area contributed by atoms with Crippen molar-refractivity contribution >= 4 is 0 Å². The number of hydrogen-bond donors (Lipinski definition) is 0. The Bertz CT molecular complexity index is 219. The maximum absolute atomic E-state index is 5.56. The van der Waals surface area contributed by atoms with Crippen LogP contribution in [0.5, 0.6) is 0 Å². The van der Waals surface area contributed by atoms with Crippen molar-refractivity contribution in [1.82, 2.24) is 5.06 Å². The average Bonchev–Trinajstić information content (AvgIpc) is 2.21. The molecule has 1 aromatic carbocycles. The maximum atomic E-state index is 5.56. The minimum atomic E-state index is 0.669. The predicted molar refractivity (Wildman–Crippen MR) is 54.2 cm³/mol. The van der Waals surface area contributed by atoms with Crippen LogP contribution in [0.1, 0.15) is 19.4 Å². The van der Waals surface area contributed by atoms with Gasteiger partial charge < -0.3 is 0 Å². The Kier molecular flexibility index (Phi) is 4.50. The van der Waals surface area contributed by atoms with Crippen LogP contribution in [0, 0.1) is 0 Å². The summed E-state index contributed by atoms with van der Waals surface area (Å²) in [5.41, 5.74) is 1.22. The molecule has 0 N–H and O–H groups in total. The Labute approximate surface area is 80.1 Å². The van der Waals surface area contributed by atoms with Gasteiger partial charge in [-0.05, 0) is 5.56 Å². The second-order valence-electron chi connectivity index (χ2n) is 2.87. The first-order chi connectivity index (χ1) is 6.36. The van der Waals surface area contributed by atoms with Crippen LogP contribution in [0.4, 0.5) is 0 Å². The van der Waals surface area contributed by atoms with E-state index in [-0.39, 0.29) is 0 Å². The van der Waals surface area contributed by atoms with Crippen LogP contribution < -0.4 is 0 Å². The van der Waals surface area contributed by atoms with Crippen molar-refractivity contribution in [3.8, 4) is 0 Å². The number of rotatable bonds is 5. The van der Waals surface area contributed by atoms with Crippen LogP contribution >= 0.6 is 0 Å². The largest absolute Gasteiger partial charge is 0.294 e. The molecular weight excluding hydrogens is 162 g/mol. The van der Waals surface area contributed by atoms with Gasteiger partial charge in [0.25, 0.3) is 0 Å². The molecule has 2 nitrogen and oxygen atoms in total. The van der Waals surface area contributed by atoms with Gasteiger partial charge in [-0.3, -0.25) is 4.84 Å². The van der Waals surface area contributed by atoms with Gasteiger partial charge in [0, 0.05) is 13.1 Å². The monoisotopic (exact) mass is 179 g/mol. The lowest BCUT2D eigenvalue weighted by atomic mass is 10.2. The second kappa shape index (κ2) is 5.73. The van der Waals surface area contributed by atoms with Crippen molar-refractivity contribution in [3.05, 3.63) is 35.9 Å². The van der Waals surface area contributed by atoms with Crippen molar-refractivity contribution < 1.29 is 4.84 Å². The van der Waals surface area contributed by atoms with Crippen molar-refractivity contribution in [3.63, 3.8) is 0 Å². The molecule has 0 heterocycles. The highest BCUT2D eigenvalue weighted by Crippen LogP contribution is 2.02. The molecule has 1 aromatic rings. The van der Waals surface area contributed by atoms with Gasteiger partial charge in [0.1, 0.15) is 0 Å². The van der Waals surface area contributed by atoms with E-state index in [1.165, 1.54) is 5.56 Å². The first-order valence-corrected chi connectivity index (χ1v) is 4.78. The molecule has 1 rings (SSSR count). The summed E-state index contributed by atoms with van der Waals surface area (Å²) >= 11 is 0. The minimum Gasteiger partial charge on any atom is -0.294 e. The summed E-state index contributed by atoms with van der Waals surface area (Å²) in [6, 6.07) is 10.2. The maximum Gasteiger partial charge on any atom is 0.0935 e. The highest BCUT2D eigenvalue weighted by molar-refractivity contribution is 5.13. The lowest BCUT2D eigenvalue weighted by Crippen LogP contribution is -2.22. The van der Waals surface area contributed by atoms with Gasteiger partial charge in [0.15, 0.2) is 0 Å². The molecule has 0 aromatic heterocycles. The first-order valence-electron chi connectivity index (χ1n) is 4.78. The van der Waals surface area contributed by atoms with Crippen molar-refractivity contribution in [1.29, 1.82) is 0 Å². The Morgan fingerprint density at radius 1 is 1.08 bits per heavy atom. The van der Waals surface area contributed by atoms with Gasteiger partial charge in [0.05, 0.1) is 6.61 Å². The fourth-order valence-corrected chi connectivity index (χ4v) is 1.15. The molecule has 0 aliphatic heterocycles. The molecule has 0 aliphatic carbocycles. The van der Waals surface area contributed by atoms with E-state index in [1.54, 1.807) is 0 Å². The quantitative estimate of drug-likeness (QED) is 0.644. The molecule has 0 fully saturated rings. The molecule has 13 heavy (non-hydrogen) atoms. The Balaban J connectivity index is 2.34. The lowest BCUT2D eigenvalue weighted by Gasteiger charge is -2.17. The predicted octanol–water partition coefficient (Wildman–Crippen LogP) is 2.46. The van der Waals surface area contributed by atoms with Gasteiger partial charge in [-0.2, -0.15) is 5.06 Å². The van der Waals surface area contributed by atoms with Crippen LogP contribution in [-0.2, 0) is 11.4 Å². The Morgan fingerprint density at radius 2 is 1.69 bits per heavy atom. The van der Waals surface area contributed by atoms with E-state index in [4.69, 9.17) is 4.84 Å². The SMILES string of the molecule is CCN(CC)OCc1ccccc1. The third-order valence-corrected chi connectivity index (χ3v) is 1.96. The molecule has 0 unspecified atom stereocenters. The molecule has 0 saturated carbocycles. The van der Waals surface area contributed by atoms with Crippen LogP contribution in [-0.4, -0.2) is 18.2 Å². The Morgan fingerprint density at radius 3 is 2.23 bits per heavy atom. The highest BCUT2D eigenvalue weighted by atomic mass is 16.7. The standard InChI is InChI=1S/C11H17NO/c1-3-12(4-2)13-10-11-8-6-5-7-9-11/h5-9H,3-4,10H2,1-2H3. The fraction of sp³-hybridized carbons (Fsp3) is 0.455. The summed E-state index contributed by atoms with van der Waals surface area (Å²) in [6.45, 7) is 6.72. The molecule has 0 spiro atoms. The van der Waals surface area contributed by atoms with Gasteiger partial charge in [-0.25, -0.2) is 0 Å². The van der Waals surface area contributed by atoms with Crippen LogP contribution in [0.15, 0.2) is 30.3 Å². The molecule has 0 amide bonds. The van der Waals surface area contributed by atoms with E-state index in [0.29, 0.717) is 6.61 Å². The van der Waals surface area contributed by atoms with Crippen molar-refractivity contribution in [2.75, 3.05) is 13.1 Å². The third-order valence-electron chi connectivity index (χ3n) is 1.96. The number of hydrogen-bond acceptors (Lipinski definition) is 2. The van der Waals surface area contributed by atoms with Crippen LogP contribution in [0.25, 0.3) is 0 Å². The van der Waals surface area contributed by atoms with E-state index in [0.717, 1.165) is 13.1 Å². The van der Waals surface area contributed by atoms with Crippen molar-refractivity contribution in [2.24, 2.45) is 0 Å². The van der Waals surface area contributed by atoms with Gasteiger partial charge in [0.2, 0.25) is 0 Å². The highest BCUT2D eigenvalue weighted by Gasteiger charge is 1.98. The van der Waals surface area contributed by atoms with Crippen molar-refractivity contribution in [2.45, 2.75) is 20.5 Å². The average molecular weight is 179 g/mol. The van der Waals surface area contributed by atoms with E-state index >= 15 is 0 Å². The molecule has 0 aliphatic rings. The summed E-state index contributed by atoms with van der Waals surface area (Å²) in [5, 5.41) is 1.95. The zero-order valence-electron chi connectivity index (χ0n) is 8.36. The van der Waals surface area contributed by atoms with Crippen LogP contribution in [0.3, 0.4) is 0 Å². The molecule has 0 radical (unpaired) electrons. The van der Waals surface area contributed by atoms with Gasteiger partial charge in [-0.15, -0.1) is 0 Å². The number of benzene rings is 1. The molecule has 2 heteroatoms. The Hall–Kier alpha value is -0.860. The zero-order valence-corrected chi connectivity index (χ0v) is 8.36. The van der Waals surface area contributed by atoms with E-state index in [9.17, 15) is 0 Å². The number of nitrogens with zero attached hydrogens (tertiary/aromatic N) is 1. The summed E-state index contributed by atoms with van der Waals surface area (Å²) in [7, 11) is 0. The van der Waals surface area contributed by atoms with E-state index in [1.807, 2.05) is 23.3 Å². The molecular formula is C11H17NO. The van der Waals surface area contributed by atoms with Gasteiger partial charge >= 0.3 is 0 Å². The topological polar surface area (TPSA) is 12.5 Å².